The van der Waals surface area contributed by atoms with Crippen LogP contribution in [0.3, 0.4) is 0 Å². The van der Waals surface area contributed by atoms with Crippen LogP contribution in [0.1, 0.15) is 42.6 Å². The van der Waals surface area contributed by atoms with Crippen LogP contribution >= 0.6 is 0 Å². The Labute approximate surface area is 112 Å². The number of nitrogens with zero attached hydrogens (tertiary/aromatic N) is 4. The average molecular weight is 261 g/mol. The van der Waals surface area contributed by atoms with Gasteiger partial charge in [-0.15, -0.1) is 0 Å². The molecule has 0 aromatic carbocycles. The highest BCUT2D eigenvalue weighted by Crippen LogP contribution is 2.27. The lowest BCUT2D eigenvalue weighted by Crippen LogP contribution is -2.26. The van der Waals surface area contributed by atoms with E-state index in [1.807, 2.05) is 25.6 Å². The monoisotopic (exact) mass is 261 g/mol. The molecule has 19 heavy (non-hydrogen) atoms. The van der Waals surface area contributed by atoms with Crippen LogP contribution in [0.2, 0.25) is 0 Å². The molecule has 0 saturated carbocycles. The van der Waals surface area contributed by atoms with Gasteiger partial charge in [-0.3, -0.25) is 4.68 Å². The molecule has 6 nitrogen and oxygen atoms in total. The predicted octanol–water partition coefficient (Wildman–Crippen LogP) is 1.90. The minimum atomic E-state index is 0.201. The maximum atomic E-state index is 5.42. The second-order valence-electron chi connectivity index (χ2n) is 5.13. The van der Waals surface area contributed by atoms with Crippen LogP contribution in [-0.2, 0) is 7.05 Å². The van der Waals surface area contributed by atoms with Gasteiger partial charge in [0.2, 0.25) is 11.7 Å². The molecule has 0 unspecified atom stereocenters. The topological polar surface area (TPSA) is 68.8 Å². The van der Waals surface area contributed by atoms with E-state index >= 15 is 0 Å². The van der Waals surface area contributed by atoms with Crippen molar-refractivity contribution in [2.24, 2.45) is 7.05 Å². The molecule has 0 amide bonds. The van der Waals surface area contributed by atoms with Crippen molar-refractivity contribution in [2.45, 2.75) is 39.2 Å². The first-order valence-corrected chi connectivity index (χ1v) is 6.74. The van der Waals surface area contributed by atoms with Gasteiger partial charge >= 0.3 is 0 Å². The summed E-state index contributed by atoms with van der Waals surface area (Å²) < 4.78 is 7.26. The van der Waals surface area contributed by atoms with Gasteiger partial charge in [0.15, 0.2) is 0 Å². The number of piperidine rings is 1. The van der Waals surface area contributed by atoms with Gasteiger partial charge in [0.25, 0.3) is 0 Å². The summed E-state index contributed by atoms with van der Waals surface area (Å²) in [5, 5.41) is 11.9. The van der Waals surface area contributed by atoms with Crippen LogP contribution in [0.5, 0.6) is 0 Å². The molecule has 1 aliphatic rings. The van der Waals surface area contributed by atoms with Gasteiger partial charge in [-0.1, -0.05) is 11.6 Å². The summed E-state index contributed by atoms with van der Waals surface area (Å²) >= 11 is 0. The summed E-state index contributed by atoms with van der Waals surface area (Å²) in [5.41, 5.74) is 2.97. The molecule has 1 N–H and O–H groups in total. The second kappa shape index (κ2) is 4.77. The molecule has 2 aromatic rings. The minimum absolute atomic E-state index is 0.201. The molecular formula is C13H19N5O. The van der Waals surface area contributed by atoms with E-state index < -0.39 is 0 Å². The third kappa shape index (κ3) is 2.16. The van der Waals surface area contributed by atoms with Crippen LogP contribution in [0.25, 0.3) is 11.4 Å². The fourth-order valence-electron chi connectivity index (χ4n) is 2.64. The maximum Gasteiger partial charge on any atom is 0.244 e. The van der Waals surface area contributed by atoms with Gasteiger partial charge in [0.1, 0.15) is 0 Å². The average Bonchev–Trinajstić information content (AvgIpc) is 2.97. The van der Waals surface area contributed by atoms with Crippen molar-refractivity contribution in [2.75, 3.05) is 6.54 Å². The van der Waals surface area contributed by atoms with E-state index in [1.54, 1.807) is 0 Å². The van der Waals surface area contributed by atoms with E-state index in [1.165, 1.54) is 12.8 Å². The molecule has 1 aliphatic heterocycles. The lowest BCUT2D eigenvalue weighted by molar-refractivity contribution is 0.297. The summed E-state index contributed by atoms with van der Waals surface area (Å²) in [4.78, 5) is 4.55. The van der Waals surface area contributed by atoms with E-state index in [4.69, 9.17) is 4.52 Å². The number of hydrogen-bond donors (Lipinski definition) is 1. The zero-order valence-corrected chi connectivity index (χ0v) is 11.6. The molecule has 0 radical (unpaired) electrons. The fraction of sp³-hybridized carbons (Fsp3) is 0.615. The van der Waals surface area contributed by atoms with E-state index in [9.17, 15) is 0 Å². The molecule has 3 rings (SSSR count). The molecule has 102 valence electrons. The van der Waals surface area contributed by atoms with E-state index in [2.05, 4.69) is 20.6 Å². The van der Waals surface area contributed by atoms with E-state index in [-0.39, 0.29) is 6.04 Å². The van der Waals surface area contributed by atoms with Crippen LogP contribution in [-0.4, -0.2) is 26.5 Å². The molecule has 6 heteroatoms. The summed E-state index contributed by atoms with van der Waals surface area (Å²) in [7, 11) is 1.93. The summed E-state index contributed by atoms with van der Waals surface area (Å²) in [6.45, 7) is 5.01. The van der Waals surface area contributed by atoms with E-state index in [0.717, 1.165) is 29.9 Å². The van der Waals surface area contributed by atoms with Crippen molar-refractivity contribution in [3.8, 4) is 11.4 Å². The normalized spacial score (nSPS) is 19.8. The highest BCUT2D eigenvalue weighted by atomic mass is 16.5. The Morgan fingerprint density at radius 1 is 1.32 bits per heavy atom. The Hall–Kier alpha value is -1.69. The van der Waals surface area contributed by atoms with Gasteiger partial charge < -0.3 is 9.84 Å². The van der Waals surface area contributed by atoms with Crippen molar-refractivity contribution in [1.29, 1.82) is 0 Å². The third-order valence-corrected chi connectivity index (χ3v) is 3.78. The molecule has 2 aromatic heterocycles. The Morgan fingerprint density at radius 3 is 2.79 bits per heavy atom. The Balaban J connectivity index is 1.92. The molecular weight excluding hydrogens is 242 g/mol. The van der Waals surface area contributed by atoms with Gasteiger partial charge in [-0.2, -0.15) is 10.1 Å². The van der Waals surface area contributed by atoms with Crippen molar-refractivity contribution in [3.05, 3.63) is 17.3 Å². The minimum Gasteiger partial charge on any atom is -0.337 e. The first-order chi connectivity index (χ1) is 9.16. The number of rotatable bonds is 2. The highest BCUT2D eigenvalue weighted by Gasteiger charge is 2.23. The zero-order chi connectivity index (χ0) is 13.4. The lowest BCUT2D eigenvalue weighted by atomic mass is 10.1. The molecule has 0 spiro atoms. The first kappa shape index (κ1) is 12.3. The van der Waals surface area contributed by atoms with Crippen molar-refractivity contribution in [1.82, 2.24) is 25.2 Å². The third-order valence-electron chi connectivity index (χ3n) is 3.78. The van der Waals surface area contributed by atoms with Gasteiger partial charge in [0, 0.05) is 12.7 Å². The smallest absolute Gasteiger partial charge is 0.244 e. The lowest BCUT2D eigenvalue weighted by Gasteiger charge is -2.19. The highest BCUT2D eigenvalue weighted by molar-refractivity contribution is 5.60. The summed E-state index contributed by atoms with van der Waals surface area (Å²) in [5.74, 6) is 1.34. The Morgan fingerprint density at radius 2 is 2.16 bits per heavy atom. The van der Waals surface area contributed by atoms with Crippen LogP contribution < -0.4 is 5.32 Å². The zero-order valence-electron chi connectivity index (χ0n) is 11.6. The van der Waals surface area contributed by atoms with Crippen LogP contribution in [0.15, 0.2) is 4.52 Å². The van der Waals surface area contributed by atoms with Gasteiger partial charge in [-0.05, 0) is 33.2 Å². The number of nitrogens with one attached hydrogen (secondary N) is 1. The standard InChI is InChI=1S/C13H19N5O/c1-8-11(9(2)18(3)16-8)12-15-13(19-17-12)10-6-4-5-7-14-10/h10,14H,4-7H2,1-3H3/t10-/m0/s1. The molecule has 1 atom stereocenters. The van der Waals surface area contributed by atoms with Crippen molar-refractivity contribution in [3.63, 3.8) is 0 Å². The molecule has 1 fully saturated rings. The predicted molar refractivity (Wildman–Crippen MR) is 70.6 cm³/mol. The number of hydrogen-bond acceptors (Lipinski definition) is 5. The number of aromatic nitrogens is 4. The maximum absolute atomic E-state index is 5.42. The summed E-state index contributed by atoms with van der Waals surface area (Å²) in [6, 6.07) is 0.201. The van der Waals surface area contributed by atoms with Gasteiger partial charge in [0.05, 0.1) is 17.3 Å². The fourth-order valence-corrected chi connectivity index (χ4v) is 2.64. The second-order valence-corrected chi connectivity index (χ2v) is 5.13. The summed E-state index contributed by atoms with van der Waals surface area (Å²) in [6.07, 6.45) is 3.49. The molecule has 3 heterocycles. The molecule has 0 bridgehead atoms. The number of aryl methyl sites for hydroxylation is 2. The quantitative estimate of drug-likeness (QED) is 0.894. The molecule has 1 saturated heterocycles. The van der Waals surface area contributed by atoms with Crippen molar-refractivity contribution < 1.29 is 4.52 Å². The van der Waals surface area contributed by atoms with Crippen LogP contribution in [0.4, 0.5) is 0 Å². The van der Waals surface area contributed by atoms with Crippen LogP contribution in [0, 0.1) is 13.8 Å². The van der Waals surface area contributed by atoms with Gasteiger partial charge in [-0.25, -0.2) is 0 Å². The Bertz CT molecular complexity index is 580. The largest absolute Gasteiger partial charge is 0.337 e. The Kier molecular flexibility index (Phi) is 3.10. The van der Waals surface area contributed by atoms with Crippen molar-refractivity contribution >= 4 is 0 Å². The first-order valence-electron chi connectivity index (χ1n) is 6.74. The molecule has 0 aliphatic carbocycles. The van der Waals surface area contributed by atoms with E-state index in [0.29, 0.717) is 11.7 Å². The SMILES string of the molecule is Cc1nn(C)c(C)c1-c1noc([C@@H]2CCCCN2)n1.